The zero-order chi connectivity index (χ0) is 12.5. The molecule has 0 aliphatic carbocycles. The molecule has 1 aliphatic heterocycles. The van der Waals surface area contributed by atoms with E-state index in [1.54, 1.807) is 24.4 Å². The number of hydrogen-bond acceptors (Lipinski definition) is 1. The Morgan fingerprint density at radius 3 is 2.78 bits per heavy atom. The van der Waals surface area contributed by atoms with Crippen LogP contribution >= 0.6 is 0 Å². The standard InChI is InChI=1S/C13H9BF2N2/c15-14(16)18-9-10-4-1-2-6-12(10)13(18)8-11-5-3-7-17-11/h1-9H/b11-8-. The highest BCUT2D eigenvalue weighted by molar-refractivity contribution is 6.41. The highest BCUT2D eigenvalue weighted by Crippen LogP contribution is 2.25. The molecule has 0 bridgehead atoms. The van der Waals surface area contributed by atoms with Crippen LogP contribution in [0.1, 0.15) is 5.69 Å². The second-order valence-corrected chi connectivity index (χ2v) is 3.99. The summed E-state index contributed by atoms with van der Waals surface area (Å²) in [5, 5.41) is 1.61. The number of benzene rings is 1. The summed E-state index contributed by atoms with van der Waals surface area (Å²) in [6, 6.07) is 7.34. The summed E-state index contributed by atoms with van der Waals surface area (Å²) in [6.45, 7) is 0. The summed E-state index contributed by atoms with van der Waals surface area (Å²) in [5.74, 6) is 0. The van der Waals surface area contributed by atoms with E-state index in [1.165, 1.54) is 6.20 Å². The highest BCUT2D eigenvalue weighted by Gasteiger charge is 2.21. The molecule has 0 amide bonds. The van der Waals surface area contributed by atoms with Gasteiger partial charge in [0.15, 0.2) is 0 Å². The van der Waals surface area contributed by atoms with E-state index in [1.807, 2.05) is 24.3 Å². The molecule has 1 aromatic heterocycles. The van der Waals surface area contributed by atoms with E-state index < -0.39 is 7.40 Å². The molecule has 0 radical (unpaired) electrons. The highest BCUT2D eigenvalue weighted by atomic mass is 19.2. The monoisotopic (exact) mass is 242 g/mol. The number of aromatic nitrogens is 1. The van der Waals surface area contributed by atoms with Crippen molar-refractivity contribution >= 4 is 30.5 Å². The Morgan fingerprint density at radius 1 is 1.22 bits per heavy atom. The van der Waals surface area contributed by atoms with Gasteiger partial charge in [0.25, 0.3) is 0 Å². The molecule has 1 aliphatic rings. The molecule has 1 aromatic carbocycles. The molecule has 18 heavy (non-hydrogen) atoms. The zero-order valence-corrected chi connectivity index (χ0v) is 9.42. The molecule has 2 heterocycles. The van der Waals surface area contributed by atoms with E-state index in [-0.39, 0.29) is 0 Å². The molecule has 0 spiro atoms. The fraction of sp³-hybridized carbons (Fsp3) is 0. The SMILES string of the molecule is FB(F)n1cc2ccccc2c1/C=C1/C=CC=N1. The lowest BCUT2D eigenvalue weighted by Crippen LogP contribution is -2.13. The molecule has 0 saturated heterocycles. The van der Waals surface area contributed by atoms with E-state index >= 15 is 0 Å². The number of hydrogen-bond donors (Lipinski definition) is 0. The molecular weight excluding hydrogens is 233 g/mol. The van der Waals surface area contributed by atoms with E-state index in [2.05, 4.69) is 4.99 Å². The fourth-order valence-corrected chi connectivity index (χ4v) is 2.05. The van der Waals surface area contributed by atoms with Crippen molar-refractivity contribution in [2.75, 3.05) is 0 Å². The maximum absolute atomic E-state index is 13.0. The molecule has 0 N–H and O–H groups in total. The third-order valence-electron chi connectivity index (χ3n) is 2.86. The van der Waals surface area contributed by atoms with Crippen molar-refractivity contribution in [3.63, 3.8) is 0 Å². The van der Waals surface area contributed by atoms with Crippen LogP contribution in [-0.4, -0.2) is 18.1 Å². The van der Waals surface area contributed by atoms with Gasteiger partial charge in [-0.25, -0.2) is 0 Å². The Labute approximate surface area is 103 Å². The van der Waals surface area contributed by atoms with E-state index in [9.17, 15) is 8.63 Å². The predicted octanol–water partition coefficient (Wildman–Crippen LogP) is 3.39. The number of halogens is 2. The van der Waals surface area contributed by atoms with Crippen LogP contribution in [0.3, 0.4) is 0 Å². The van der Waals surface area contributed by atoms with Gasteiger partial charge in [-0.1, -0.05) is 24.3 Å². The molecule has 0 unspecified atom stereocenters. The van der Waals surface area contributed by atoms with Crippen LogP contribution in [0.15, 0.2) is 53.3 Å². The van der Waals surface area contributed by atoms with Crippen LogP contribution < -0.4 is 0 Å². The summed E-state index contributed by atoms with van der Waals surface area (Å²) in [7, 11) is -2.56. The van der Waals surface area contributed by atoms with Gasteiger partial charge in [-0.2, -0.15) is 0 Å². The predicted molar refractivity (Wildman–Crippen MR) is 70.9 cm³/mol. The van der Waals surface area contributed by atoms with Gasteiger partial charge in [-0.3, -0.25) is 13.6 Å². The quantitative estimate of drug-likeness (QED) is 0.718. The van der Waals surface area contributed by atoms with Crippen LogP contribution in [0.4, 0.5) is 8.63 Å². The van der Waals surface area contributed by atoms with Gasteiger partial charge in [-0.05, 0) is 23.6 Å². The number of rotatable bonds is 2. The molecule has 0 atom stereocenters. The van der Waals surface area contributed by atoms with Crippen LogP contribution in [0.5, 0.6) is 0 Å². The van der Waals surface area contributed by atoms with E-state index in [0.29, 0.717) is 11.4 Å². The van der Waals surface area contributed by atoms with Crippen molar-refractivity contribution in [1.29, 1.82) is 0 Å². The first-order chi connectivity index (χ1) is 8.75. The zero-order valence-electron chi connectivity index (χ0n) is 9.42. The summed E-state index contributed by atoms with van der Waals surface area (Å²) >= 11 is 0. The smallest absolute Gasteiger partial charge is 0.331 e. The van der Waals surface area contributed by atoms with Crippen molar-refractivity contribution in [2.45, 2.75) is 0 Å². The average molecular weight is 242 g/mol. The fourth-order valence-electron chi connectivity index (χ4n) is 2.05. The second kappa shape index (κ2) is 4.25. The number of nitrogens with zero attached hydrogens (tertiary/aromatic N) is 2. The molecule has 2 aromatic rings. The molecule has 0 saturated carbocycles. The third-order valence-corrected chi connectivity index (χ3v) is 2.86. The molecule has 2 nitrogen and oxygen atoms in total. The van der Waals surface area contributed by atoms with Crippen molar-refractivity contribution in [2.24, 2.45) is 4.99 Å². The molecule has 88 valence electrons. The minimum atomic E-state index is -2.56. The molecule has 3 rings (SSSR count). The van der Waals surface area contributed by atoms with Crippen molar-refractivity contribution in [3.05, 3.63) is 54.0 Å². The molecular formula is C13H9BF2N2. The first kappa shape index (κ1) is 11.0. The van der Waals surface area contributed by atoms with Crippen molar-refractivity contribution < 1.29 is 8.63 Å². The van der Waals surface area contributed by atoms with Gasteiger partial charge in [0.05, 0.1) is 5.70 Å². The Bertz CT molecular complexity index is 669. The Hall–Kier alpha value is -2.17. The normalized spacial score (nSPS) is 16.0. The van der Waals surface area contributed by atoms with Crippen molar-refractivity contribution in [1.82, 2.24) is 4.48 Å². The van der Waals surface area contributed by atoms with Crippen LogP contribution in [-0.2, 0) is 0 Å². The van der Waals surface area contributed by atoms with Crippen LogP contribution in [0.2, 0.25) is 0 Å². The van der Waals surface area contributed by atoms with E-state index in [0.717, 1.165) is 15.3 Å². The molecule has 5 heteroatoms. The lowest BCUT2D eigenvalue weighted by atomic mass is 10.1. The Kier molecular flexibility index (Phi) is 2.59. The maximum atomic E-state index is 13.0. The Morgan fingerprint density at radius 2 is 2.06 bits per heavy atom. The van der Waals surface area contributed by atoms with Gasteiger partial charge >= 0.3 is 7.40 Å². The van der Waals surface area contributed by atoms with Gasteiger partial charge in [0, 0.05) is 23.5 Å². The number of allylic oxidation sites excluding steroid dienone is 2. The third kappa shape index (κ3) is 1.77. The summed E-state index contributed by atoms with van der Waals surface area (Å²) in [6.07, 6.45) is 8.36. The number of aliphatic imine (C=N–C) groups is 1. The van der Waals surface area contributed by atoms with Crippen LogP contribution in [0.25, 0.3) is 16.8 Å². The summed E-state index contributed by atoms with van der Waals surface area (Å²) in [5.41, 5.74) is 1.17. The lowest BCUT2D eigenvalue weighted by molar-refractivity contribution is 0.629. The number of fused-ring (bicyclic) bond motifs is 1. The second-order valence-electron chi connectivity index (χ2n) is 3.99. The van der Waals surface area contributed by atoms with E-state index in [4.69, 9.17) is 0 Å². The Balaban J connectivity index is 2.24. The van der Waals surface area contributed by atoms with Gasteiger partial charge in [-0.15, -0.1) is 0 Å². The van der Waals surface area contributed by atoms with Gasteiger partial charge in [0.2, 0.25) is 0 Å². The first-order valence-electron chi connectivity index (χ1n) is 5.56. The maximum Gasteiger partial charge on any atom is 0.677 e. The largest absolute Gasteiger partial charge is 0.677 e. The minimum absolute atomic E-state index is 0.485. The van der Waals surface area contributed by atoms with Crippen molar-refractivity contribution in [3.8, 4) is 0 Å². The summed E-state index contributed by atoms with van der Waals surface area (Å²) < 4.78 is 27.0. The summed E-state index contributed by atoms with van der Waals surface area (Å²) in [4.78, 5) is 4.08. The van der Waals surface area contributed by atoms with Crippen LogP contribution in [0, 0.1) is 0 Å². The molecule has 0 fully saturated rings. The minimum Gasteiger partial charge on any atom is -0.331 e. The van der Waals surface area contributed by atoms with Gasteiger partial charge < -0.3 is 4.48 Å². The average Bonchev–Trinajstić information content (AvgIpc) is 2.98. The van der Waals surface area contributed by atoms with Gasteiger partial charge in [0.1, 0.15) is 0 Å². The first-order valence-corrected chi connectivity index (χ1v) is 5.56. The topological polar surface area (TPSA) is 17.3 Å². The lowest BCUT2D eigenvalue weighted by Gasteiger charge is -2.01.